The highest BCUT2D eigenvalue weighted by molar-refractivity contribution is 5.91. The minimum atomic E-state index is -0.195. The lowest BCUT2D eigenvalue weighted by molar-refractivity contribution is 0.211. The van der Waals surface area contributed by atoms with Gasteiger partial charge >= 0.3 is 0 Å². The largest absolute Gasteiger partial charge is 0.376 e. The Labute approximate surface area is 194 Å². The van der Waals surface area contributed by atoms with Crippen LogP contribution >= 0.6 is 0 Å². The Kier molecular flexibility index (Phi) is 4.64. The van der Waals surface area contributed by atoms with Gasteiger partial charge in [0.05, 0.1) is 16.6 Å². The van der Waals surface area contributed by atoms with E-state index in [1.54, 1.807) is 17.0 Å². The van der Waals surface area contributed by atoms with Crippen LogP contribution in [0.3, 0.4) is 0 Å². The first-order valence-electron chi connectivity index (χ1n) is 11.0. The van der Waals surface area contributed by atoms with E-state index >= 15 is 0 Å². The number of fused-ring (bicyclic) bond motifs is 2. The zero-order valence-corrected chi connectivity index (χ0v) is 18.4. The first-order chi connectivity index (χ1) is 16.6. The molecule has 4 aromatic heterocycles. The highest BCUT2D eigenvalue weighted by Crippen LogP contribution is 2.35. The standard InChI is InChI=1S/C27H21N5O2/c1-17-23(20-9-10-22-19(14-20)8-5-12-28-22)27(34)32-26(29-17)24(18-6-3-2-4-7-18)25(30-32)21-11-13-31(15-21)16-33/h2-15,29,33H,16H2,1H3. The number of aryl methyl sites for hydroxylation is 1. The van der Waals surface area contributed by atoms with Gasteiger partial charge < -0.3 is 14.7 Å². The first kappa shape index (κ1) is 20.1. The molecule has 34 heavy (non-hydrogen) atoms. The summed E-state index contributed by atoms with van der Waals surface area (Å²) < 4.78 is 3.11. The Morgan fingerprint density at radius 3 is 2.59 bits per heavy atom. The Bertz CT molecular complexity index is 1730. The maximum Gasteiger partial charge on any atom is 0.282 e. The summed E-state index contributed by atoms with van der Waals surface area (Å²) in [6, 6.07) is 21.5. The molecule has 4 heterocycles. The van der Waals surface area contributed by atoms with Crippen molar-refractivity contribution in [2.45, 2.75) is 13.7 Å². The van der Waals surface area contributed by atoms with Crippen LogP contribution in [-0.4, -0.2) is 29.3 Å². The van der Waals surface area contributed by atoms with E-state index in [-0.39, 0.29) is 12.3 Å². The highest BCUT2D eigenvalue weighted by atomic mass is 16.3. The van der Waals surface area contributed by atoms with Gasteiger partial charge in [-0.2, -0.15) is 9.61 Å². The molecule has 0 aliphatic heterocycles. The van der Waals surface area contributed by atoms with E-state index in [9.17, 15) is 9.90 Å². The maximum absolute atomic E-state index is 13.8. The maximum atomic E-state index is 13.8. The highest BCUT2D eigenvalue weighted by Gasteiger charge is 2.22. The average Bonchev–Trinajstić information content (AvgIpc) is 3.49. The van der Waals surface area contributed by atoms with E-state index in [4.69, 9.17) is 5.10 Å². The van der Waals surface area contributed by atoms with Crippen LogP contribution in [0.4, 0.5) is 0 Å². The van der Waals surface area contributed by atoms with Crippen molar-refractivity contribution in [1.82, 2.24) is 24.1 Å². The van der Waals surface area contributed by atoms with Crippen LogP contribution in [0.25, 0.3) is 50.1 Å². The molecule has 0 saturated carbocycles. The van der Waals surface area contributed by atoms with Crippen LogP contribution in [0.1, 0.15) is 5.69 Å². The number of nitrogens with zero attached hydrogens (tertiary/aromatic N) is 4. The molecule has 0 aliphatic carbocycles. The molecule has 166 valence electrons. The Balaban J connectivity index is 1.64. The number of hydrogen-bond acceptors (Lipinski definition) is 4. The van der Waals surface area contributed by atoms with Crippen LogP contribution in [0, 0.1) is 6.92 Å². The van der Waals surface area contributed by atoms with Gasteiger partial charge in [0.25, 0.3) is 5.56 Å². The predicted molar refractivity (Wildman–Crippen MR) is 132 cm³/mol. The smallest absolute Gasteiger partial charge is 0.282 e. The number of nitrogens with one attached hydrogen (secondary N) is 1. The van der Waals surface area contributed by atoms with E-state index in [1.807, 2.05) is 79.9 Å². The second-order valence-corrected chi connectivity index (χ2v) is 8.25. The molecule has 0 spiro atoms. The zero-order chi connectivity index (χ0) is 23.2. The number of H-pyrrole nitrogens is 1. The van der Waals surface area contributed by atoms with Crippen molar-refractivity contribution in [2.75, 3.05) is 0 Å². The molecule has 0 atom stereocenters. The van der Waals surface area contributed by atoms with Gasteiger partial charge in [0.15, 0.2) is 0 Å². The van der Waals surface area contributed by atoms with Gasteiger partial charge in [-0.15, -0.1) is 0 Å². The minimum Gasteiger partial charge on any atom is -0.376 e. The van der Waals surface area contributed by atoms with Gasteiger partial charge in [0.1, 0.15) is 18.1 Å². The lowest BCUT2D eigenvalue weighted by atomic mass is 10.0. The molecule has 7 heteroatoms. The number of rotatable bonds is 4. The Hall–Kier alpha value is -4.49. The fraction of sp³-hybridized carbons (Fsp3) is 0.0741. The molecule has 0 amide bonds. The summed E-state index contributed by atoms with van der Waals surface area (Å²) in [5.74, 6) is 0. The van der Waals surface area contributed by atoms with Crippen molar-refractivity contribution in [1.29, 1.82) is 0 Å². The van der Waals surface area contributed by atoms with Crippen molar-refractivity contribution in [3.05, 3.63) is 101 Å². The van der Waals surface area contributed by atoms with E-state index in [0.717, 1.165) is 38.9 Å². The second-order valence-electron chi connectivity index (χ2n) is 8.25. The summed E-state index contributed by atoms with van der Waals surface area (Å²) >= 11 is 0. The fourth-order valence-electron chi connectivity index (χ4n) is 4.51. The fourth-order valence-corrected chi connectivity index (χ4v) is 4.51. The van der Waals surface area contributed by atoms with Crippen LogP contribution in [0.5, 0.6) is 0 Å². The molecular weight excluding hydrogens is 426 g/mol. The van der Waals surface area contributed by atoms with Crippen molar-refractivity contribution in [3.8, 4) is 33.5 Å². The molecule has 0 saturated heterocycles. The first-order valence-corrected chi connectivity index (χ1v) is 11.0. The number of aromatic nitrogens is 5. The van der Waals surface area contributed by atoms with E-state index in [0.29, 0.717) is 16.9 Å². The van der Waals surface area contributed by atoms with E-state index < -0.39 is 0 Å². The van der Waals surface area contributed by atoms with Crippen molar-refractivity contribution >= 4 is 16.6 Å². The molecule has 6 rings (SSSR count). The topological polar surface area (TPSA) is 88.2 Å². The van der Waals surface area contributed by atoms with Crippen LogP contribution in [0.15, 0.2) is 90.1 Å². The van der Waals surface area contributed by atoms with E-state index in [2.05, 4.69) is 9.97 Å². The third-order valence-electron chi connectivity index (χ3n) is 6.11. The Morgan fingerprint density at radius 1 is 0.941 bits per heavy atom. The summed E-state index contributed by atoms with van der Waals surface area (Å²) in [5.41, 5.74) is 6.73. The summed E-state index contributed by atoms with van der Waals surface area (Å²) in [4.78, 5) is 21.6. The van der Waals surface area contributed by atoms with Crippen molar-refractivity contribution in [2.24, 2.45) is 0 Å². The SMILES string of the molecule is Cc1[nH]c2c(-c3ccccc3)c(-c3ccn(CO)c3)nn2c(=O)c1-c1ccc2ncccc2c1. The average molecular weight is 447 g/mol. The zero-order valence-electron chi connectivity index (χ0n) is 18.4. The minimum absolute atomic E-state index is 0.132. The molecule has 0 aliphatic rings. The number of benzene rings is 2. The lowest BCUT2D eigenvalue weighted by Crippen LogP contribution is -2.19. The van der Waals surface area contributed by atoms with Crippen LogP contribution in [0.2, 0.25) is 0 Å². The summed E-state index contributed by atoms with van der Waals surface area (Å²) in [6.07, 6.45) is 5.37. The monoisotopic (exact) mass is 447 g/mol. The van der Waals surface area contributed by atoms with Gasteiger partial charge in [0, 0.05) is 35.2 Å². The quantitative estimate of drug-likeness (QED) is 0.412. The Morgan fingerprint density at radius 2 is 1.79 bits per heavy atom. The second kappa shape index (κ2) is 7.83. The summed E-state index contributed by atoms with van der Waals surface area (Å²) in [5, 5.41) is 15.2. The molecule has 0 bridgehead atoms. The van der Waals surface area contributed by atoms with Gasteiger partial charge in [-0.1, -0.05) is 42.5 Å². The number of aromatic amines is 1. The van der Waals surface area contributed by atoms with Gasteiger partial charge in [-0.3, -0.25) is 9.78 Å². The normalized spacial score (nSPS) is 11.5. The summed E-state index contributed by atoms with van der Waals surface area (Å²) in [6.45, 7) is 1.78. The molecule has 0 fully saturated rings. The van der Waals surface area contributed by atoms with Crippen LogP contribution < -0.4 is 5.56 Å². The molecule has 7 nitrogen and oxygen atoms in total. The van der Waals surface area contributed by atoms with Crippen molar-refractivity contribution < 1.29 is 5.11 Å². The van der Waals surface area contributed by atoms with E-state index in [1.165, 1.54) is 4.52 Å². The predicted octanol–water partition coefficient (Wildman–Crippen LogP) is 4.63. The number of hydrogen-bond donors (Lipinski definition) is 2. The molecule has 6 aromatic rings. The number of pyridine rings is 1. The number of aliphatic hydroxyl groups excluding tert-OH is 1. The molecule has 0 unspecified atom stereocenters. The molecule has 2 N–H and O–H groups in total. The van der Waals surface area contributed by atoms with Gasteiger partial charge in [-0.05, 0) is 42.3 Å². The third kappa shape index (κ3) is 3.14. The molecule has 2 aromatic carbocycles. The van der Waals surface area contributed by atoms with Crippen molar-refractivity contribution in [3.63, 3.8) is 0 Å². The lowest BCUT2D eigenvalue weighted by Gasteiger charge is -2.09. The molecule has 0 radical (unpaired) electrons. The van der Waals surface area contributed by atoms with Crippen LogP contribution in [-0.2, 0) is 6.73 Å². The number of aliphatic hydroxyl groups is 1. The summed E-state index contributed by atoms with van der Waals surface area (Å²) in [7, 11) is 0. The molecular formula is C27H21N5O2. The van der Waals surface area contributed by atoms with Gasteiger partial charge in [-0.25, -0.2) is 0 Å². The third-order valence-corrected chi connectivity index (χ3v) is 6.11. The van der Waals surface area contributed by atoms with Gasteiger partial charge in [0.2, 0.25) is 0 Å².